The van der Waals surface area contributed by atoms with Gasteiger partial charge in [0.25, 0.3) is 0 Å². The van der Waals surface area contributed by atoms with Gasteiger partial charge in [0, 0.05) is 12.6 Å². The van der Waals surface area contributed by atoms with Crippen molar-refractivity contribution in [1.82, 2.24) is 30.4 Å². The van der Waals surface area contributed by atoms with Gasteiger partial charge in [-0.15, -0.1) is 17.5 Å². The molecule has 0 amide bonds. The van der Waals surface area contributed by atoms with Crippen molar-refractivity contribution in [3.8, 4) is 0 Å². The SMILES string of the molecule is CCCN(Cc1nnnn1C1CC1)C1CCNC1.Cl. The molecule has 2 fully saturated rings. The van der Waals surface area contributed by atoms with Crippen LogP contribution in [0.4, 0.5) is 0 Å². The van der Waals surface area contributed by atoms with Crippen LogP contribution in [-0.2, 0) is 6.54 Å². The lowest BCUT2D eigenvalue weighted by molar-refractivity contribution is 0.191. The quantitative estimate of drug-likeness (QED) is 0.846. The number of rotatable bonds is 6. The van der Waals surface area contributed by atoms with Gasteiger partial charge < -0.3 is 5.32 Å². The molecule has 1 aliphatic carbocycles. The molecule has 1 saturated carbocycles. The van der Waals surface area contributed by atoms with Gasteiger partial charge in [0.1, 0.15) is 0 Å². The normalized spacial score (nSPS) is 22.7. The van der Waals surface area contributed by atoms with Crippen LogP contribution in [-0.4, -0.2) is 50.8 Å². The first-order valence-corrected chi connectivity index (χ1v) is 7.10. The second kappa shape index (κ2) is 6.63. The molecule has 1 unspecified atom stereocenters. The maximum Gasteiger partial charge on any atom is 0.165 e. The lowest BCUT2D eigenvalue weighted by Crippen LogP contribution is -2.37. The van der Waals surface area contributed by atoms with Gasteiger partial charge in [0.05, 0.1) is 12.6 Å². The number of nitrogens with zero attached hydrogens (tertiary/aromatic N) is 5. The topological polar surface area (TPSA) is 58.9 Å². The molecular weight excluding hydrogens is 264 g/mol. The van der Waals surface area contributed by atoms with E-state index in [1.54, 1.807) is 0 Å². The predicted octanol–water partition coefficient (Wildman–Crippen LogP) is 1.00. The van der Waals surface area contributed by atoms with Gasteiger partial charge in [-0.05, 0) is 49.2 Å². The Labute approximate surface area is 120 Å². The van der Waals surface area contributed by atoms with E-state index < -0.39 is 0 Å². The smallest absolute Gasteiger partial charge is 0.165 e. The molecule has 2 heterocycles. The predicted molar refractivity (Wildman–Crippen MR) is 75.3 cm³/mol. The Balaban J connectivity index is 0.00000133. The van der Waals surface area contributed by atoms with Crippen LogP contribution < -0.4 is 5.32 Å². The van der Waals surface area contributed by atoms with Gasteiger partial charge in [0.2, 0.25) is 0 Å². The average molecular weight is 287 g/mol. The Bertz CT molecular complexity index is 385. The fourth-order valence-corrected chi connectivity index (χ4v) is 2.73. The molecule has 19 heavy (non-hydrogen) atoms. The monoisotopic (exact) mass is 286 g/mol. The van der Waals surface area contributed by atoms with E-state index in [0.717, 1.165) is 32.0 Å². The van der Waals surface area contributed by atoms with E-state index in [-0.39, 0.29) is 12.4 Å². The van der Waals surface area contributed by atoms with Gasteiger partial charge in [-0.25, -0.2) is 4.68 Å². The molecule has 1 saturated heterocycles. The third kappa shape index (κ3) is 3.43. The third-order valence-corrected chi connectivity index (χ3v) is 3.86. The van der Waals surface area contributed by atoms with Crippen molar-refractivity contribution in [2.45, 2.75) is 51.2 Å². The molecule has 6 nitrogen and oxygen atoms in total. The van der Waals surface area contributed by atoms with Gasteiger partial charge in [-0.3, -0.25) is 4.90 Å². The van der Waals surface area contributed by atoms with Crippen molar-refractivity contribution in [3.63, 3.8) is 0 Å². The standard InChI is InChI=1S/C12H22N6.ClH/c1-2-7-17(11-5-6-13-8-11)9-12-14-15-16-18(12)10-3-4-10;/h10-11,13H,2-9H2,1H3;1H. The number of tetrazole rings is 1. The van der Waals surface area contributed by atoms with Crippen molar-refractivity contribution in [1.29, 1.82) is 0 Å². The summed E-state index contributed by atoms with van der Waals surface area (Å²) < 4.78 is 2.03. The van der Waals surface area contributed by atoms with Crippen LogP contribution >= 0.6 is 12.4 Å². The first-order valence-electron chi connectivity index (χ1n) is 7.10. The zero-order chi connectivity index (χ0) is 12.4. The molecule has 0 bridgehead atoms. The summed E-state index contributed by atoms with van der Waals surface area (Å²) in [5.41, 5.74) is 0. The second-order valence-electron chi connectivity index (χ2n) is 5.39. The maximum absolute atomic E-state index is 4.21. The first-order chi connectivity index (χ1) is 8.88. The molecule has 0 aromatic carbocycles. The van der Waals surface area contributed by atoms with E-state index in [1.807, 2.05) is 4.68 Å². The van der Waals surface area contributed by atoms with Crippen LogP contribution in [0.15, 0.2) is 0 Å². The second-order valence-corrected chi connectivity index (χ2v) is 5.39. The molecule has 0 radical (unpaired) electrons. The lowest BCUT2D eigenvalue weighted by Gasteiger charge is -2.27. The highest BCUT2D eigenvalue weighted by Gasteiger charge is 2.29. The number of aromatic nitrogens is 4. The molecule has 7 heteroatoms. The van der Waals surface area contributed by atoms with Crippen molar-refractivity contribution >= 4 is 12.4 Å². The van der Waals surface area contributed by atoms with Gasteiger partial charge in [-0.1, -0.05) is 6.92 Å². The van der Waals surface area contributed by atoms with Crippen LogP contribution in [0.25, 0.3) is 0 Å². The van der Waals surface area contributed by atoms with Gasteiger partial charge in [-0.2, -0.15) is 0 Å². The molecule has 2 aliphatic rings. The maximum atomic E-state index is 4.21. The fraction of sp³-hybridized carbons (Fsp3) is 0.917. The van der Waals surface area contributed by atoms with Crippen LogP contribution in [0, 0.1) is 0 Å². The summed E-state index contributed by atoms with van der Waals surface area (Å²) >= 11 is 0. The minimum Gasteiger partial charge on any atom is -0.315 e. The summed E-state index contributed by atoms with van der Waals surface area (Å²) in [4.78, 5) is 2.53. The summed E-state index contributed by atoms with van der Waals surface area (Å²) in [7, 11) is 0. The minimum atomic E-state index is 0. The number of nitrogens with one attached hydrogen (secondary N) is 1. The zero-order valence-corrected chi connectivity index (χ0v) is 12.3. The Kier molecular flexibility index (Phi) is 5.13. The summed E-state index contributed by atoms with van der Waals surface area (Å²) in [5.74, 6) is 1.04. The zero-order valence-electron chi connectivity index (χ0n) is 11.5. The van der Waals surface area contributed by atoms with Crippen LogP contribution in [0.3, 0.4) is 0 Å². The van der Waals surface area contributed by atoms with Crippen LogP contribution in [0.5, 0.6) is 0 Å². The van der Waals surface area contributed by atoms with Crippen LogP contribution in [0.1, 0.15) is 44.5 Å². The molecule has 3 rings (SSSR count). The van der Waals surface area contributed by atoms with E-state index in [1.165, 1.54) is 25.7 Å². The van der Waals surface area contributed by atoms with E-state index in [9.17, 15) is 0 Å². The summed E-state index contributed by atoms with van der Waals surface area (Å²) in [6.07, 6.45) is 4.89. The van der Waals surface area contributed by atoms with E-state index in [0.29, 0.717) is 12.1 Å². The highest BCUT2D eigenvalue weighted by molar-refractivity contribution is 5.85. The molecule has 0 spiro atoms. The third-order valence-electron chi connectivity index (χ3n) is 3.86. The summed E-state index contributed by atoms with van der Waals surface area (Å²) in [6, 6.07) is 1.22. The first kappa shape index (κ1) is 14.7. The van der Waals surface area contributed by atoms with Gasteiger partial charge in [0.15, 0.2) is 5.82 Å². The summed E-state index contributed by atoms with van der Waals surface area (Å²) in [6.45, 7) is 6.50. The largest absolute Gasteiger partial charge is 0.315 e. The van der Waals surface area contributed by atoms with Gasteiger partial charge >= 0.3 is 0 Å². The lowest BCUT2D eigenvalue weighted by atomic mass is 10.2. The number of hydrogen-bond donors (Lipinski definition) is 1. The van der Waals surface area contributed by atoms with E-state index >= 15 is 0 Å². The van der Waals surface area contributed by atoms with E-state index in [2.05, 4.69) is 32.7 Å². The van der Waals surface area contributed by atoms with Crippen LogP contribution in [0.2, 0.25) is 0 Å². The molecule has 1 atom stereocenters. The number of halogens is 1. The molecule has 1 aromatic heterocycles. The van der Waals surface area contributed by atoms with E-state index in [4.69, 9.17) is 0 Å². The Morgan fingerprint density at radius 2 is 2.21 bits per heavy atom. The van der Waals surface area contributed by atoms with Crippen molar-refractivity contribution in [3.05, 3.63) is 5.82 Å². The fourth-order valence-electron chi connectivity index (χ4n) is 2.73. The minimum absolute atomic E-state index is 0. The molecular formula is C12H23ClN6. The molecule has 1 aromatic rings. The highest BCUT2D eigenvalue weighted by atomic mass is 35.5. The Morgan fingerprint density at radius 1 is 1.37 bits per heavy atom. The van der Waals surface area contributed by atoms with Crippen molar-refractivity contribution in [2.24, 2.45) is 0 Å². The highest BCUT2D eigenvalue weighted by Crippen LogP contribution is 2.34. The summed E-state index contributed by atoms with van der Waals surface area (Å²) in [5, 5.41) is 15.6. The van der Waals surface area contributed by atoms with Crippen molar-refractivity contribution in [2.75, 3.05) is 19.6 Å². The Hall–Kier alpha value is -0.720. The molecule has 1 N–H and O–H groups in total. The number of hydrogen-bond acceptors (Lipinski definition) is 5. The average Bonchev–Trinajstić information content (AvgIpc) is 2.92. The van der Waals surface area contributed by atoms with Crippen molar-refractivity contribution < 1.29 is 0 Å². The molecule has 1 aliphatic heterocycles. The molecule has 108 valence electrons. The Morgan fingerprint density at radius 3 is 2.84 bits per heavy atom.